The zero-order valence-electron chi connectivity index (χ0n) is 23.3. The molecule has 7 nitrogen and oxygen atoms in total. The smallest absolute Gasteiger partial charge is 0.304 e. The highest BCUT2D eigenvalue weighted by atomic mass is 35.5. The Bertz CT molecular complexity index is 1440. The minimum atomic E-state index is -0.761. The number of rotatable bonds is 7. The van der Waals surface area contributed by atoms with Gasteiger partial charge >= 0.3 is 5.97 Å². The number of nitriles is 1. The number of fused-ring (bicyclic) bond motifs is 1. The summed E-state index contributed by atoms with van der Waals surface area (Å²) in [5, 5.41) is 18.3. The van der Waals surface area contributed by atoms with Crippen LogP contribution in [0.2, 0.25) is 5.02 Å². The molecule has 0 unspecified atom stereocenters. The van der Waals surface area contributed by atoms with Crippen LogP contribution < -0.4 is 4.74 Å². The second kappa shape index (κ2) is 10.5. The number of carboxylic acid groups (broad SMARTS) is 1. The molecule has 1 saturated heterocycles. The molecule has 2 heterocycles. The molecule has 40 heavy (non-hydrogen) atoms. The lowest BCUT2D eigenvalue weighted by molar-refractivity contribution is -0.199. The minimum Gasteiger partial charge on any atom is -0.489 e. The van der Waals surface area contributed by atoms with E-state index in [-0.39, 0.29) is 35.3 Å². The molecule has 1 aliphatic carbocycles. The van der Waals surface area contributed by atoms with Crippen LogP contribution in [0.15, 0.2) is 36.4 Å². The highest BCUT2D eigenvalue weighted by Crippen LogP contribution is 2.59. The van der Waals surface area contributed by atoms with Crippen LogP contribution in [-0.2, 0) is 11.3 Å². The van der Waals surface area contributed by atoms with E-state index in [2.05, 4.69) is 50.5 Å². The van der Waals surface area contributed by atoms with Crippen LogP contribution in [0.25, 0.3) is 0 Å². The second-order valence-electron chi connectivity index (χ2n) is 12.4. The lowest BCUT2D eigenvalue weighted by Crippen LogP contribution is -2.74. The molecule has 1 amide bonds. The van der Waals surface area contributed by atoms with Gasteiger partial charge in [0.2, 0.25) is 0 Å². The van der Waals surface area contributed by atoms with Gasteiger partial charge in [-0.25, -0.2) is 0 Å². The van der Waals surface area contributed by atoms with E-state index in [1.54, 1.807) is 18.2 Å². The SMILES string of the molecule is CC1(C)[C@H](Oc2ccc(C#N)c(Cl)c2)C(C)(C)[C@H]1N1Cc2cc(C#CCC3CN(CCC(=O)O)C3)ccc2C1=O. The number of carboxylic acids is 1. The Balaban J connectivity index is 1.23. The van der Waals surface area contributed by atoms with E-state index in [9.17, 15) is 9.59 Å². The predicted molar refractivity (Wildman–Crippen MR) is 152 cm³/mol. The number of carbonyl (C=O) groups excluding carboxylic acids is 1. The van der Waals surface area contributed by atoms with Gasteiger partial charge in [0.25, 0.3) is 5.91 Å². The van der Waals surface area contributed by atoms with Crippen molar-refractivity contribution in [1.29, 1.82) is 5.26 Å². The fourth-order valence-electron chi connectivity index (χ4n) is 7.18. The Morgan fingerprint density at radius 2 is 1.88 bits per heavy atom. The minimum absolute atomic E-state index is 0.0315. The van der Waals surface area contributed by atoms with Gasteiger partial charge in [-0.3, -0.25) is 9.59 Å². The molecule has 2 fully saturated rings. The Morgan fingerprint density at radius 1 is 1.15 bits per heavy atom. The number of benzene rings is 2. The van der Waals surface area contributed by atoms with Crippen molar-refractivity contribution in [2.45, 2.75) is 59.2 Å². The van der Waals surface area contributed by atoms with Crippen LogP contribution in [0.1, 0.15) is 67.6 Å². The maximum absolute atomic E-state index is 13.5. The Labute approximate surface area is 240 Å². The van der Waals surface area contributed by atoms with Gasteiger partial charge in [0.15, 0.2) is 0 Å². The number of aliphatic carboxylic acids is 1. The van der Waals surface area contributed by atoms with Gasteiger partial charge in [0.1, 0.15) is 17.9 Å². The summed E-state index contributed by atoms with van der Waals surface area (Å²) in [4.78, 5) is 28.4. The molecular formula is C32H34ClN3O4. The van der Waals surface area contributed by atoms with Gasteiger partial charge < -0.3 is 19.6 Å². The average molecular weight is 560 g/mol. The molecule has 0 spiro atoms. The van der Waals surface area contributed by atoms with Gasteiger partial charge in [-0.15, -0.1) is 0 Å². The molecule has 1 N–H and O–H groups in total. The second-order valence-corrected chi connectivity index (χ2v) is 12.8. The molecule has 2 aromatic carbocycles. The van der Waals surface area contributed by atoms with Crippen LogP contribution in [0.5, 0.6) is 5.75 Å². The summed E-state index contributed by atoms with van der Waals surface area (Å²) < 4.78 is 6.41. The normalized spacial score (nSPS) is 22.8. The van der Waals surface area contributed by atoms with Gasteiger partial charge in [0.05, 0.1) is 17.0 Å². The van der Waals surface area contributed by atoms with E-state index < -0.39 is 5.97 Å². The van der Waals surface area contributed by atoms with Crippen LogP contribution in [0.4, 0.5) is 0 Å². The van der Waals surface area contributed by atoms with E-state index in [0.29, 0.717) is 35.3 Å². The maximum Gasteiger partial charge on any atom is 0.304 e. The van der Waals surface area contributed by atoms with E-state index in [0.717, 1.165) is 36.2 Å². The van der Waals surface area contributed by atoms with Crippen molar-refractivity contribution in [2.24, 2.45) is 16.7 Å². The Kier molecular flexibility index (Phi) is 7.33. The summed E-state index contributed by atoms with van der Waals surface area (Å²) in [6.45, 7) is 11.5. The van der Waals surface area contributed by atoms with Gasteiger partial charge in [-0.05, 0) is 41.8 Å². The van der Waals surface area contributed by atoms with Gasteiger partial charge in [-0.2, -0.15) is 5.26 Å². The zero-order chi connectivity index (χ0) is 28.8. The topological polar surface area (TPSA) is 93.9 Å². The van der Waals surface area contributed by atoms with Gasteiger partial charge in [-0.1, -0.05) is 51.1 Å². The average Bonchev–Trinajstić information content (AvgIpc) is 3.17. The van der Waals surface area contributed by atoms with Crippen LogP contribution in [-0.4, -0.2) is 58.6 Å². The van der Waals surface area contributed by atoms with Crippen molar-refractivity contribution < 1.29 is 19.4 Å². The molecule has 3 aliphatic rings. The third-order valence-electron chi connectivity index (χ3n) is 8.62. The van der Waals surface area contributed by atoms with E-state index in [4.69, 9.17) is 26.7 Å². The van der Waals surface area contributed by atoms with Crippen LogP contribution in [0, 0.1) is 39.9 Å². The summed E-state index contributed by atoms with van der Waals surface area (Å²) in [5.41, 5.74) is 2.41. The van der Waals surface area contributed by atoms with E-state index >= 15 is 0 Å². The standard InChI is InChI=1S/C32H34ClN3O4/c1-31(2)29(32(3,4)30(31)40-24-10-9-22(16-34)26(33)15-24)36-19-23-14-20(8-11-25(23)28(36)39)6-5-7-21-17-35(18-21)13-12-27(37)38/h8-11,14-15,21,29-30H,7,12-13,17-19H2,1-4H3,(H,37,38)/t29-,30-. The molecule has 2 aromatic rings. The highest BCUT2D eigenvalue weighted by molar-refractivity contribution is 6.31. The molecule has 2 aliphatic heterocycles. The van der Waals surface area contributed by atoms with Crippen molar-refractivity contribution in [2.75, 3.05) is 19.6 Å². The molecule has 0 atom stereocenters. The molecule has 8 heteroatoms. The fourth-order valence-corrected chi connectivity index (χ4v) is 7.39. The number of hydrogen-bond acceptors (Lipinski definition) is 5. The molecule has 0 radical (unpaired) electrons. The number of carbonyl (C=O) groups is 2. The number of nitrogens with zero attached hydrogens (tertiary/aromatic N) is 3. The summed E-state index contributed by atoms with van der Waals surface area (Å²) in [6.07, 6.45) is 0.804. The first-order valence-electron chi connectivity index (χ1n) is 13.6. The number of hydrogen-bond donors (Lipinski definition) is 1. The molecule has 0 bridgehead atoms. The number of likely N-dealkylation sites (tertiary alicyclic amines) is 1. The Hall–Kier alpha value is -3.52. The quantitative estimate of drug-likeness (QED) is 0.469. The number of halogens is 1. The van der Waals surface area contributed by atoms with Crippen molar-refractivity contribution >= 4 is 23.5 Å². The number of ether oxygens (including phenoxy) is 1. The summed E-state index contributed by atoms with van der Waals surface area (Å²) in [5.74, 6) is 6.91. The summed E-state index contributed by atoms with van der Waals surface area (Å²) in [6, 6.07) is 13.0. The monoisotopic (exact) mass is 559 g/mol. The highest BCUT2D eigenvalue weighted by Gasteiger charge is 2.66. The fraction of sp³-hybridized carbons (Fsp3) is 0.469. The lowest BCUT2D eigenvalue weighted by Gasteiger charge is -2.65. The van der Waals surface area contributed by atoms with Crippen LogP contribution >= 0.6 is 11.6 Å². The molecule has 5 rings (SSSR count). The first kappa shape index (κ1) is 28.0. The molecule has 0 aromatic heterocycles. The molecule has 1 saturated carbocycles. The third-order valence-corrected chi connectivity index (χ3v) is 8.94. The first-order valence-corrected chi connectivity index (χ1v) is 14.0. The number of amides is 1. The summed E-state index contributed by atoms with van der Waals surface area (Å²) in [7, 11) is 0. The van der Waals surface area contributed by atoms with Crippen molar-refractivity contribution in [1.82, 2.24) is 9.80 Å². The molecule has 208 valence electrons. The maximum atomic E-state index is 13.5. The third kappa shape index (κ3) is 5.05. The zero-order valence-corrected chi connectivity index (χ0v) is 24.1. The van der Waals surface area contributed by atoms with E-state index in [1.807, 2.05) is 23.1 Å². The largest absolute Gasteiger partial charge is 0.489 e. The van der Waals surface area contributed by atoms with Crippen molar-refractivity contribution in [3.05, 3.63) is 63.7 Å². The molecular weight excluding hydrogens is 526 g/mol. The lowest BCUT2D eigenvalue weighted by atomic mass is 9.49. The summed E-state index contributed by atoms with van der Waals surface area (Å²) >= 11 is 6.23. The van der Waals surface area contributed by atoms with E-state index in [1.165, 1.54) is 0 Å². The predicted octanol–water partition coefficient (Wildman–Crippen LogP) is 5.20. The van der Waals surface area contributed by atoms with Crippen molar-refractivity contribution in [3.63, 3.8) is 0 Å². The van der Waals surface area contributed by atoms with Crippen LogP contribution in [0.3, 0.4) is 0 Å². The first-order chi connectivity index (χ1) is 18.9. The van der Waals surface area contributed by atoms with Crippen molar-refractivity contribution in [3.8, 4) is 23.7 Å². The van der Waals surface area contributed by atoms with Gasteiger partial charge in [0, 0.05) is 66.7 Å². The Morgan fingerprint density at radius 3 is 2.52 bits per heavy atom.